The van der Waals surface area contributed by atoms with Crippen LogP contribution < -0.4 is 9.46 Å². The molecule has 1 aromatic heterocycles. The Kier molecular flexibility index (Phi) is 6.33. The van der Waals surface area contributed by atoms with Gasteiger partial charge in [-0.1, -0.05) is 0 Å². The maximum atomic E-state index is 14.5. The van der Waals surface area contributed by atoms with Crippen LogP contribution in [-0.2, 0) is 14.9 Å². The summed E-state index contributed by atoms with van der Waals surface area (Å²) in [5.74, 6) is -0.628. The molecule has 0 radical (unpaired) electrons. The van der Waals surface area contributed by atoms with Crippen LogP contribution in [0.15, 0.2) is 30.6 Å². The third-order valence-electron chi connectivity index (χ3n) is 4.60. The molecule has 2 atom stereocenters. The Morgan fingerprint density at radius 1 is 1.43 bits per heavy atom. The van der Waals surface area contributed by atoms with Gasteiger partial charge in [-0.2, -0.15) is 22.5 Å². The summed E-state index contributed by atoms with van der Waals surface area (Å²) in [5.41, 5.74) is 1.57. The first-order valence-corrected chi connectivity index (χ1v) is 10.4. The highest BCUT2D eigenvalue weighted by Crippen LogP contribution is 2.23. The molecule has 1 fully saturated rings. The molecule has 1 aliphatic rings. The molecule has 2 heterocycles. The van der Waals surface area contributed by atoms with Crippen molar-refractivity contribution >= 4 is 10.2 Å². The zero-order chi connectivity index (χ0) is 20.3. The van der Waals surface area contributed by atoms with Gasteiger partial charge in [0.15, 0.2) is 11.6 Å². The van der Waals surface area contributed by atoms with E-state index >= 15 is 0 Å². The minimum Gasteiger partial charge on any atom is -0.490 e. The fraction of sp³-hybridized carbons (Fsp3) is 0.500. The smallest absolute Gasteiger partial charge is 0.279 e. The van der Waals surface area contributed by atoms with Crippen LogP contribution in [0.2, 0.25) is 0 Å². The van der Waals surface area contributed by atoms with Crippen LogP contribution in [0.3, 0.4) is 0 Å². The summed E-state index contributed by atoms with van der Waals surface area (Å²) in [6, 6.07) is 4.28. The average molecular weight is 412 g/mol. The Morgan fingerprint density at radius 3 is 2.86 bits per heavy atom. The van der Waals surface area contributed by atoms with E-state index in [0.29, 0.717) is 25.3 Å². The van der Waals surface area contributed by atoms with Crippen molar-refractivity contribution in [1.29, 1.82) is 0 Å². The van der Waals surface area contributed by atoms with Crippen LogP contribution in [0.25, 0.3) is 5.69 Å². The first kappa shape index (κ1) is 20.7. The molecule has 0 saturated carbocycles. The summed E-state index contributed by atoms with van der Waals surface area (Å²) in [4.78, 5) is 0. The first-order chi connectivity index (χ1) is 13.3. The highest BCUT2D eigenvalue weighted by Gasteiger charge is 2.31. The lowest BCUT2D eigenvalue weighted by molar-refractivity contribution is 0.0177. The minimum absolute atomic E-state index is 0.104. The number of nitrogens with one attached hydrogen (secondary N) is 1. The maximum absolute atomic E-state index is 14.5. The zero-order valence-corrected chi connectivity index (χ0v) is 16.9. The summed E-state index contributed by atoms with van der Waals surface area (Å²) in [6.45, 7) is 2.85. The summed E-state index contributed by atoms with van der Waals surface area (Å²) in [6.07, 6.45) is 4.03. The highest BCUT2D eigenvalue weighted by atomic mass is 32.2. The second-order valence-electron chi connectivity index (χ2n) is 7.02. The molecule has 0 spiro atoms. The summed E-state index contributed by atoms with van der Waals surface area (Å²) < 4.78 is 55.1. The van der Waals surface area contributed by atoms with Gasteiger partial charge in [0.1, 0.15) is 0 Å². The van der Waals surface area contributed by atoms with E-state index in [1.165, 1.54) is 20.2 Å². The van der Waals surface area contributed by atoms with Gasteiger partial charge in [0.05, 0.1) is 25.1 Å². The molecule has 2 aromatic rings. The predicted octanol–water partition coefficient (Wildman–Crippen LogP) is 1.50. The van der Waals surface area contributed by atoms with Gasteiger partial charge >= 0.3 is 0 Å². The lowest BCUT2D eigenvalue weighted by Crippen LogP contribution is -2.50. The number of hydrogen-bond acceptors (Lipinski definition) is 5. The third kappa shape index (κ3) is 4.88. The van der Waals surface area contributed by atoms with Crippen molar-refractivity contribution in [1.82, 2.24) is 18.8 Å². The monoisotopic (exact) mass is 412 g/mol. The van der Waals surface area contributed by atoms with E-state index in [0.717, 1.165) is 9.87 Å². The Morgan fingerprint density at radius 2 is 2.21 bits per heavy atom. The quantitative estimate of drug-likeness (QED) is 0.745. The van der Waals surface area contributed by atoms with E-state index < -0.39 is 16.0 Å². The minimum atomic E-state index is -3.57. The predicted molar refractivity (Wildman–Crippen MR) is 102 cm³/mol. The first-order valence-electron chi connectivity index (χ1n) is 8.98. The van der Waals surface area contributed by atoms with Gasteiger partial charge in [0, 0.05) is 44.9 Å². The molecule has 0 aliphatic carbocycles. The molecule has 8 nitrogen and oxygen atoms in total. The summed E-state index contributed by atoms with van der Waals surface area (Å²) in [7, 11) is -0.641. The zero-order valence-electron chi connectivity index (χ0n) is 16.1. The standard InChI is InChI=1S/C18H25FN4O4S/c1-13-9-20-23(10-13)15-4-5-18(16(19)8-15)27-12-14-11-26-7-6-17(14)21-28(24,25)22(2)3/h4-5,8-10,14,17,21H,6-7,11-12H2,1-3H3/t14-,17+/m1/s1. The fourth-order valence-corrected chi connectivity index (χ4v) is 3.82. The van der Waals surface area contributed by atoms with Crippen molar-refractivity contribution in [2.75, 3.05) is 33.9 Å². The van der Waals surface area contributed by atoms with Crippen LogP contribution in [0.5, 0.6) is 5.75 Å². The molecule has 1 aromatic carbocycles. The third-order valence-corrected chi connectivity index (χ3v) is 6.16. The lowest BCUT2D eigenvalue weighted by Gasteiger charge is -2.32. The van der Waals surface area contributed by atoms with Crippen molar-refractivity contribution in [2.45, 2.75) is 19.4 Å². The second kappa shape index (κ2) is 8.56. The molecule has 0 amide bonds. The van der Waals surface area contributed by atoms with E-state index in [9.17, 15) is 12.8 Å². The van der Waals surface area contributed by atoms with Crippen molar-refractivity contribution in [3.63, 3.8) is 0 Å². The van der Waals surface area contributed by atoms with Gasteiger partial charge < -0.3 is 9.47 Å². The molecular formula is C18H25FN4O4S. The van der Waals surface area contributed by atoms with Gasteiger partial charge in [-0.15, -0.1) is 0 Å². The number of rotatable bonds is 7. The SMILES string of the molecule is Cc1cnn(-c2ccc(OC[C@H]3COCC[C@@H]3NS(=O)(=O)N(C)C)c(F)c2)c1. The normalized spacial score (nSPS) is 20.5. The second-order valence-corrected chi connectivity index (χ2v) is 8.94. The Hall–Kier alpha value is -2.01. The maximum Gasteiger partial charge on any atom is 0.279 e. The van der Waals surface area contributed by atoms with Gasteiger partial charge in [0.25, 0.3) is 10.2 Å². The highest BCUT2D eigenvalue weighted by molar-refractivity contribution is 7.87. The van der Waals surface area contributed by atoms with Crippen molar-refractivity contribution < 1.29 is 22.3 Å². The van der Waals surface area contributed by atoms with Crippen LogP contribution in [0, 0.1) is 18.7 Å². The topological polar surface area (TPSA) is 85.7 Å². The number of aryl methyl sites for hydroxylation is 1. The number of nitrogens with zero attached hydrogens (tertiary/aromatic N) is 3. The van der Waals surface area contributed by atoms with Crippen LogP contribution in [-0.4, -0.2) is 62.5 Å². The fourth-order valence-electron chi connectivity index (χ4n) is 2.91. The number of halogens is 1. The Balaban J connectivity index is 1.66. The molecule has 1 aliphatic heterocycles. The van der Waals surface area contributed by atoms with E-state index in [2.05, 4.69) is 9.82 Å². The number of benzene rings is 1. The van der Waals surface area contributed by atoms with Crippen molar-refractivity contribution in [3.05, 3.63) is 42.0 Å². The van der Waals surface area contributed by atoms with E-state index in [1.807, 2.05) is 6.92 Å². The summed E-state index contributed by atoms with van der Waals surface area (Å²) in [5, 5.41) is 4.16. The molecule has 3 rings (SSSR count). The van der Waals surface area contributed by atoms with Crippen molar-refractivity contribution in [2.24, 2.45) is 5.92 Å². The number of aromatic nitrogens is 2. The molecule has 1 saturated heterocycles. The van der Waals surface area contributed by atoms with E-state index in [1.54, 1.807) is 29.2 Å². The van der Waals surface area contributed by atoms with E-state index in [-0.39, 0.29) is 24.3 Å². The van der Waals surface area contributed by atoms with Gasteiger partial charge in [-0.25, -0.2) is 9.07 Å². The number of hydrogen-bond donors (Lipinski definition) is 1. The van der Waals surface area contributed by atoms with Gasteiger partial charge in [-0.3, -0.25) is 0 Å². The molecule has 28 heavy (non-hydrogen) atoms. The molecule has 10 heteroatoms. The van der Waals surface area contributed by atoms with Crippen molar-refractivity contribution in [3.8, 4) is 11.4 Å². The molecule has 0 bridgehead atoms. The average Bonchev–Trinajstić information content (AvgIpc) is 3.08. The number of ether oxygens (including phenoxy) is 2. The molecule has 1 N–H and O–H groups in total. The van der Waals surface area contributed by atoms with Gasteiger partial charge in [0.2, 0.25) is 0 Å². The van der Waals surface area contributed by atoms with Crippen LogP contribution in [0.4, 0.5) is 4.39 Å². The molecular weight excluding hydrogens is 387 g/mol. The van der Waals surface area contributed by atoms with Gasteiger partial charge in [-0.05, 0) is 31.0 Å². The van der Waals surface area contributed by atoms with E-state index in [4.69, 9.17) is 9.47 Å². The largest absolute Gasteiger partial charge is 0.490 e. The Bertz CT molecular complexity index is 916. The lowest BCUT2D eigenvalue weighted by atomic mass is 9.98. The van der Waals surface area contributed by atoms with Crippen LogP contribution in [0.1, 0.15) is 12.0 Å². The summed E-state index contributed by atoms with van der Waals surface area (Å²) >= 11 is 0. The molecule has 154 valence electrons. The Labute approximate surface area is 164 Å². The molecule has 0 unspecified atom stereocenters. The van der Waals surface area contributed by atoms with Crippen LogP contribution >= 0.6 is 0 Å².